The lowest BCUT2D eigenvalue weighted by Crippen LogP contribution is -2.42. The molecule has 1 saturated heterocycles. The molecule has 3 heterocycles. The number of benzene rings is 2. The van der Waals surface area contributed by atoms with Crippen LogP contribution in [0.1, 0.15) is 18.4 Å². The van der Waals surface area contributed by atoms with Crippen molar-refractivity contribution in [1.29, 1.82) is 0 Å². The third kappa shape index (κ3) is 4.52. The largest absolute Gasteiger partial charge is 0.354 e. The molecule has 4 aromatic rings. The van der Waals surface area contributed by atoms with Gasteiger partial charge in [0.25, 0.3) is 0 Å². The van der Waals surface area contributed by atoms with E-state index >= 15 is 0 Å². The number of allylic oxidation sites excluding steroid dienone is 1. The Morgan fingerprint density at radius 3 is 2.65 bits per heavy atom. The van der Waals surface area contributed by atoms with Gasteiger partial charge in [-0.2, -0.15) is 9.97 Å². The summed E-state index contributed by atoms with van der Waals surface area (Å²) in [5.74, 6) is 1.50. The Hall–Kier alpha value is -3.71. The van der Waals surface area contributed by atoms with E-state index in [-0.39, 0.29) is 0 Å². The Morgan fingerprint density at radius 1 is 1.00 bits per heavy atom. The van der Waals surface area contributed by atoms with E-state index in [4.69, 9.17) is 9.97 Å². The van der Waals surface area contributed by atoms with Crippen molar-refractivity contribution in [2.45, 2.75) is 32.0 Å². The lowest BCUT2D eigenvalue weighted by molar-refractivity contribution is 0.413. The molecule has 7 nitrogen and oxygen atoms in total. The highest BCUT2D eigenvalue weighted by Gasteiger charge is 2.24. The molecule has 5 rings (SSSR count). The van der Waals surface area contributed by atoms with Crippen LogP contribution in [0.15, 0.2) is 74.1 Å². The summed E-state index contributed by atoms with van der Waals surface area (Å²) in [7, 11) is 0. The standard InChI is InChI=1S/C27H31N7/c1-3-14-28-27-31-25(24-26(32-27)34(15-4-2)19-30-24)33-16-12-22(13-17-33)29-18-21-10-7-9-20-8-5-6-11-23(20)21/h3-11,19,22,29H,1-2,12-18H2,(H,28,31,32). The molecule has 0 spiro atoms. The molecule has 2 N–H and O–H groups in total. The third-order valence-corrected chi connectivity index (χ3v) is 6.43. The highest BCUT2D eigenvalue weighted by Crippen LogP contribution is 2.27. The summed E-state index contributed by atoms with van der Waals surface area (Å²) in [4.78, 5) is 16.5. The Morgan fingerprint density at radius 2 is 1.82 bits per heavy atom. The molecule has 0 atom stereocenters. The Balaban J connectivity index is 1.29. The molecular weight excluding hydrogens is 422 g/mol. The molecule has 1 aliphatic heterocycles. The molecular formula is C27H31N7. The number of imidazole rings is 1. The molecule has 0 radical (unpaired) electrons. The minimum absolute atomic E-state index is 0.476. The zero-order valence-corrected chi connectivity index (χ0v) is 19.5. The van der Waals surface area contributed by atoms with E-state index in [1.54, 1.807) is 6.08 Å². The van der Waals surface area contributed by atoms with Crippen molar-refractivity contribution in [3.8, 4) is 0 Å². The zero-order chi connectivity index (χ0) is 23.3. The van der Waals surface area contributed by atoms with Gasteiger partial charge in [0, 0.05) is 38.8 Å². The minimum atomic E-state index is 0.476. The lowest BCUT2D eigenvalue weighted by Gasteiger charge is -2.33. The molecule has 0 amide bonds. The number of piperidine rings is 1. The minimum Gasteiger partial charge on any atom is -0.354 e. The number of nitrogens with one attached hydrogen (secondary N) is 2. The Bertz CT molecular complexity index is 1300. The second kappa shape index (κ2) is 10.1. The van der Waals surface area contributed by atoms with Gasteiger partial charge in [0.1, 0.15) is 0 Å². The maximum Gasteiger partial charge on any atom is 0.227 e. The quantitative estimate of drug-likeness (QED) is 0.363. The summed E-state index contributed by atoms with van der Waals surface area (Å²) in [5.41, 5.74) is 3.02. The van der Waals surface area contributed by atoms with E-state index in [1.807, 2.05) is 17.0 Å². The molecule has 0 unspecified atom stereocenters. The average molecular weight is 454 g/mol. The van der Waals surface area contributed by atoms with Gasteiger partial charge in [0.05, 0.1) is 6.33 Å². The topological polar surface area (TPSA) is 70.9 Å². The van der Waals surface area contributed by atoms with Crippen LogP contribution in [0.2, 0.25) is 0 Å². The summed E-state index contributed by atoms with van der Waals surface area (Å²) in [6.07, 6.45) is 7.59. The first-order chi connectivity index (χ1) is 16.8. The summed E-state index contributed by atoms with van der Waals surface area (Å²) in [6.45, 7) is 11.6. The number of anilines is 2. The summed E-state index contributed by atoms with van der Waals surface area (Å²) in [5, 5.41) is 9.65. The second-order valence-electron chi connectivity index (χ2n) is 8.68. The molecule has 0 bridgehead atoms. The molecule has 0 saturated carbocycles. The van der Waals surface area contributed by atoms with Gasteiger partial charge < -0.3 is 20.1 Å². The van der Waals surface area contributed by atoms with E-state index in [2.05, 4.69) is 76.1 Å². The number of fused-ring (bicyclic) bond motifs is 2. The van der Waals surface area contributed by atoms with Gasteiger partial charge >= 0.3 is 0 Å². The SMILES string of the molecule is C=CCNc1nc(N2CCC(NCc3cccc4ccccc34)CC2)c2ncn(CC=C)c2n1. The summed E-state index contributed by atoms with van der Waals surface area (Å²) in [6, 6.07) is 15.6. The highest BCUT2D eigenvalue weighted by molar-refractivity contribution is 5.86. The molecule has 2 aromatic heterocycles. The van der Waals surface area contributed by atoms with E-state index in [9.17, 15) is 0 Å². The van der Waals surface area contributed by atoms with Crippen molar-refractivity contribution in [2.24, 2.45) is 0 Å². The van der Waals surface area contributed by atoms with Crippen LogP contribution in [0, 0.1) is 0 Å². The fourth-order valence-corrected chi connectivity index (χ4v) is 4.66. The van der Waals surface area contributed by atoms with Gasteiger partial charge in [0.15, 0.2) is 17.0 Å². The van der Waals surface area contributed by atoms with Crippen molar-refractivity contribution < 1.29 is 0 Å². The lowest BCUT2D eigenvalue weighted by atomic mass is 10.0. The van der Waals surface area contributed by atoms with E-state index < -0.39 is 0 Å². The molecule has 34 heavy (non-hydrogen) atoms. The molecule has 2 aromatic carbocycles. The van der Waals surface area contributed by atoms with Crippen molar-refractivity contribution >= 4 is 33.7 Å². The first kappa shape index (κ1) is 22.1. The number of aromatic nitrogens is 4. The number of rotatable bonds is 9. The van der Waals surface area contributed by atoms with Gasteiger partial charge in [-0.05, 0) is 29.2 Å². The van der Waals surface area contributed by atoms with Gasteiger partial charge in [-0.1, -0.05) is 54.6 Å². The fraction of sp³-hybridized carbons (Fsp3) is 0.296. The van der Waals surface area contributed by atoms with Crippen LogP contribution in [-0.4, -0.2) is 45.2 Å². The van der Waals surface area contributed by atoms with E-state index in [0.717, 1.165) is 49.5 Å². The normalized spacial score (nSPS) is 14.5. The van der Waals surface area contributed by atoms with Crippen molar-refractivity contribution in [3.05, 3.63) is 79.7 Å². The van der Waals surface area contributed by atoms with Crippen molar-refractivity contribution in [3.63, 3.8) is 0 Å². The summed E-state index contributed by atoms with van der Waals surface area (Å²) < 4.78 is 2.01. The Kier molecular flexibility index (Phi) is 6.53. The molecule has 7 heteroatoms. The monoisotopic (exact) mass is 453 g/mol. The van der Waals surface area contributed by atoms with Crippen LogP contribution in [0.5, 0.6) is 0 Å². The van der Waals surface area contributed by atoms with E-state index in [1.165, 1.54) is 16.3 Å². The number of hydrogen-bond acceptors (Lipinski definition) is 6. The molecule has 1 fully saturated rings. The number of nitrogens with zero attached hydrogens (tertiary/aromatic N) is 5. The van der Waals surface area contributed by atoms with Gasteiger partial charge in [-0.25, -0.2) is 4.98 Å². The maximum absolute atomic E-state index is 4.82. The maximum atomic E-state index is 4.82. The molecule has 0 aliphatic carbocycles. The first-order valence-electron chi connectivity index (χ1n) is 11.9. The first-order valence-corrected chi connectivity index (χ1v) is 11.9. The van der Waals surface area contributed by atoms with Gasteiger partial charge in [-0.15, -0.1) is 13.2 Å². The molecule has 174 valence electrons. The van der Waals surface area contributed by atoms with Crippen LogP contribution >= 0.6 is 0 Å². The van der Waals surface area contributed by atoms with Crippen LogP contribution < -0.4 is 15.5 Å². The second-order valence-corrected chi connectivity index (χ2v) is 8.68. The fourth-order valence-electron chi connectivity index (χ4n) is 4.66. The van der Waals surface area contributed by atoms with Crippen molar-refractivity contribution in [1.82, 2.24) is 24.8 Å². The van der Waals surface area contributed by atoms with Gasteiger partial charge in [0.2, 0.25) is 5.95 Å². The molecule has 1 aliphatic rings. The van der Waals surface area contributed by atoms with Crippen LogP contribution in [0.4, 0.5) is 11.8 Å². The zero-order valence-electron chi connectivity index (χ0n) is 19.5. The summed E-state index contributed by atoms with van der Waals surface area (Å²) >= 11 is 0. The van der Waals surface area contributed by atoms with E-state index in [0.29, 0.717) is 25.1 Å². The predicted octanol–water partition coefficient (Wildman–Crippen LogP) is 4.52. The Labute approximate surface area is 200 Å². The van der Waals surface area contributed by atoms with Crippen LogP contribution in [0.3, 0.4) is 0 Å². The highest BCUT2D eigenvalue weighted by atomic mass is 15.3. The van der Waals surface area contributed by atoms with Crippen molar-refractivity contribution in [2.75, 3.05) is 29.9 Å². The van der Waals surface area contributed by atoms with Gasteiger partial charge in [-0.3, -0.25) is 0 Å². The number of hydrogen-bond donors (Lipinski definition) is 2. The third-order valence-electron chi connectivity index (χ3n) is 6.43. The predicted molar refractivity (Wildman–Crippen MR) is 140 cm³/mol. The van der Waals surface area contributed by atoms with Crippen LogP contribution in [-0.2, 0) is 13.1 Å². The smallest absolute Gasteiger partial charge is 0.227 e. The van der Waals surface area contributed by atoms with Crippen LogP contribution in [0.25, 0.3) is 21.9 Å². The average Bonchev–Trinajstić information content (AvgIpc) is 3.29.